The summed E-state index contributed by atoms with van der Waals surface area (Å²) in [5.41, 5.74) is 3.33. The average molecular weight is 367 g/mol. The molecule has 1 aromatic heterocycles. The van der Waals surface area contributed by atoms with Crippen molar-refractivity contribution in [3.05, 3.63) is 76.3 Å². The topological polar surface area (TPSA) is 59.0 Å². The number of hydrogen-bond donors (Lipinski definition) is 2. The van der Waals surface area contributed by atoms with Crippen LogP contribution in [0.3, 0.4) is 0 Å². The Hall–Kier alpha value is -2.86. The maximum Gasteiger partial charge on any atom is 0.270 e. The lowest BCUT2D eigenvalue weighted by Gasteiger charge is -2.18. The van der Waals surface area contributed by atoms with Crippen molar-refractivity contribution in [2.75, 3.05) is 7.11 Å². The zero-order chi connectivity index (χ0) is 18.7. The highest BCUT2D eigenvalue weighted by molar-refractivity contribution is 7.71. The summed E-state index contributed by atoms with van der Waals surface area (Å²) in [5, 5.41) is 3.03. The Labute approximate surface area is 157 Å². The van der Waals surface area contributed by atoms with Crippen LogP contribution in [0.2, 0.25) is 0 Å². The van der Waals surface area contributed by atoms with E-state index in [-0.39, 0.29) is 11.9 Å². The van der Waals surface area contributed by atoms with Gasteiger partial charge in [0.2, 0.25) is 0 Å². The van der Waals surface area contributed by atoms with E-state index in [1.165, 1.54) is 0 Å². The first-order valence-corrected chi connectivity index (χ1v) is 8.73. The normalized spacial score (nSPS) is 11.8. The van der Waals surface area contributed by atoms with E-state index in [2.05, 4.69) is 10.3 Å². The van der Waals surface area contributed by atoms with Crippen LogP contribution in [0.5, 0.6) is 5.75 Å². The van der Waals surface area contributed by atoms with Crippen molar-refractivity contribution >= 4 is 18.1 Å². The van der Waals surface area contributed by atoms with Gasteiger partial charge >= 0.3 is 0 Å². The molecule has 1 unspecified atom stereocenters. The first-order chi connectivity index (χ1) is 12.5. The summed E-state index contributed by atoms with van der Waals surface area (Å²) >= 11 is 5.35. The molecule has 1 heterocycles. The maximum absolute atomic E-state index is 12.9. The summed E-state index contributed by atoms with van der Waals surface area (Å²) < 4.78 is 7.63. The lowest BCUT2D eigenvalue weighted by atomic mass is 10.0. The van der Waals surface area contributed by atoms with Crippen LogP contribution in [0.4, 0.5) is 0 Å². The standard InChI is InChI=1S/C20H21N3O2S/c1-13-9-10-18(25-3)16(11-13)14(2)22-19(24)17-12-21-20(26)23(17)15-7-5-4-6-8-15/h4-12,14H,1-3H3,(H,21,26)(H,22,24). The van der Waals surface area contributed by atoms with E-state index < -0.39 is 0 Å². The molecule has 26 heavy (non-hydrogen) atoms. The molecule has 0 aliphatic heterocycles. The molecule has 0 aliphatic rings. The van der Waals surface area contributed by atoms with Crippen LogP contribution in [-0.4, -0.2) is 22.6 Å². The summed E-state index contributed by atoms with van der Waals surface area (Å²) in [6, 6.07) is 15.3. The quantitative estimate of drug-likeness (QED) is 0.660. The minimum atomic E-state index is -0.218. The smallest absolute Gasteiger partial charge is 0.270 e. The number of nitrogens with one attached hydrogen (secondary N) is 2. The zero-order valence-corrected chi connectivity index (χ0v) is 15.8. The Morgan fingerprint density at radius 3 is 2.65 bits per heavy atom. The molecule has 0 radical (unpaired) electrons. The maximum atomic E-state index is 12.9. The molecule has 6 heteroatoms. The van der Waals surface area contributed by atoms with Gasteiger partial charge in [0.25, 0.3) is 5.91 Å². The van der Waals surface area contributed by atoms with Gasteiger partial charge in [0.1, 0.15) is 11.4 Å². The van der Waals surface area contributed by atoms with Crippen molar-refractivity contribution in [2.24, 2.45) is 0 Å². The number of hydrogen-bond acceptors (Lipinski definition) is 3. The third kappa shape index (κ3) is 3.55. The van der Waals surface area contributed by atoms with E-state index in [9.17, 15) is 4.79 Å². The molecule has 1 atom stereocenters. The van der Waals surface area contributed by atoms with Crippen LogP contribution in [0.15, 0.2) is 54.7 Å². The van der Waals surface area contributed by atoms with Crippen molar-refractivity contribution in [3.8, 4) is 11.4 Å². The molecular formula is C20H21N3O2S. The third-order valence-corrected chi connectivity index (χ3v) is 4.52. The van der Waals surface area contributed by atoms with Crippen LogP contribution in [0.1, 0.15) is 34.6 Å². The molecule has 0 bridgehead atoms. The number of H-pyrrole nitrogens is 1. The van der Waals surface area contributed by atoms with E-state index in [1.54, 1.807) is 17.9 Å². The molecule has 2 N–H and O–H groups in total. The number of ether oxygens (including phenoxy) is 1. The number of amides is 1. The van der Waals surface area contributed by atoms with Gasteiger partial charge < -0.3 is 15.0 Å². The number of rotatable bonds is 5. The highest BCUT2D eigenvalue weighted by Gasteiger charge is 2.19. The first-order valence-electron chi connectivity index (χ1n) is 8.32. The fourth-order valence-corrected chi connectivity index (χ4v) is 3.17. The number of para-hydroxylation sites is 1. The van der Waals surface area contributed by atoms with Crippen LogP contribution < -0.4 is 10.1 Å². The molecule has 0 saturated heterocycles. The second-order valence-electron chi connectivity index (χ2n) is 6.09. The van der Waals surface area contributed by atoms with Crippen molar-refractivity contribution in [1.82, 2.24) is 14.9 Å². The van der Waals surface area contributed by atoms with E-state index in [4.69, 9.17) is 17.0 Å². The second-order valence-corrected chi connectivity index (χ2v) is 6.48. The Morgan fingerprint density at radius 2 is 1.96 bits per heavy atom. The van der Waals surface area contributed by atoms with E-state index in [1.807, 2.05) is 62.4 Å². The molecule has 3 aromatic rings. The molecule has 0 aliphatic carbocycles. The fourth-order valence-electron chi connectivity index (χ4n) is 2.91. The summed E-state index contributed by atoms with van der Waals surface area (Å²) in [7, 11) is 1.63. The van der Waals surface area contributed by atoms with E-state index in [0.29, 0.717) is 10.5 Å². The lowest BCUT2D eigenvalue weighted by molar-refractivity contribution is 0.0932. The van der Waals surface area contributed by atoms with Gasteiger partial charge in [-0.05, 0) is 44.3 Å². The third-order valence-electron chi connectivity index (χ3n) is 4.22. The van der Waals surface area contributed by atoms with Gasteiger partial charge in [0, 0.05) is 17.4 Å². The molecule has 0 fully saturated rings. The average Bonchev–Trinajstić information content (AvgIpc) is 3.04. The summed E-state index contributed by atoms with van der Waals surface area (Å²) in [4.78, 5) is 15.8. The van der Waals surface area contributed by atoms with Gasteiger partial charge in [-0.15, -0.1) is 0 Å². The van der Waals surface area contributed by atoms with Gasteiger partial charge in [-0.2, -0.15) is 0 Å². The molecule has 3 rings (SSSR count). The molecular weight excluding hydrogens is 346 g/mol. The van der Waals surface area contributed by atoms with Crippen LogP contribution in [0.25, 0.3) is 5.69 Å². The SMILES string of the molecule is COc1ccc(C)cc1C(C)NC(=O)c1c[nH]c(=S)n1-c1ccccc1. The predicted octanol–water partition coefficient (Wildman–Crippen LogP) is 4.34. The number of imidazole rings is 1. The molecule has 134 valence electrons. The zero-order valence-electron chi connectivity index (χ0n) is 14.9. The van der Waals surface area contributed by atoms with E-state index >= 15 is 0 Å². The number of aromatic amines is 1. The molecule has 2 aromatic carbocycles. The van der Waals surface area contributed by atoms with Crippen molar-refractivity contribution in [2.45, 2.75) is 19.9 Å². The summed E-state index contributed by atoms with van der Waals surface area (Å²) in [6.45, 7) is 3.94. The van der Waals surface area contributed by atoms with Gasteiger partial charge in [-0.25, -0.2) is 0 Å². The Bertz CT molecular complexity index is 976. The van der Waals surface area contributed by atoms with E-state index in [0.717, 1.165) is 22.6 Å². The minimum Gasteiger partial charge on any atom is -0.496 e. The van der Waals surface area contributed by atoms with Crippen LogP contribution in [-0.2, 0) is 0 Å². The number of aryl methyl sites for hydroxylation is 1. The first kappa shape index (κ1) is 17.9. The Balaban J connectivity index is 1.90. The number of methoxy groups -OCH3 is 1. The highest BCUT2D eigenvalue weighted by atomic mass is 32.1. The lowest BCUT2D eigenvalue weighted by Crippen LogP contribution is -2.28. The van der Waals surface area contributed by atoms with Crippen LogP contribution >= 0.6 is 12.2 Å². The highest BCUT2D eigenvalue weighted by Crippen LogP contribution is 2.26. The number of carbonyl (C=O) groups excluding carboxylic acids is 1. The largest absolute Gasteiger partial charge is 0.496 e. The summed E-state index contributed by atoms with van der Waals surface area (Å²) in [6.07, 6.45) is 1.63. The summed E-state index contributed by atoms with van der Waals surface area (Å²) in [5.74, 6) is 0.537. The van der Waals surface area contributed by atoms with Crippen molar-refractivity contribution in [3.63, 3.8) is 0 Å². The minimum absolute atomic E-state index is 0.211. The van der Waals surface area contributed by atoms with Gasteiger partial charge in [0.05, 0.1) is 13.2 Å². The molecule has 0 saturated carbocycles. The number of carbonyl (C=O) groups is 1. The van der Waals surface area contributed by atoms with Gasteiger partial charge in [0.15, 0.2) is 4.77 Å². The Kier molecular flexibility index (Phi) is 5.23. The monoisotopic (exact) mass is 367 g/mol. The van der Waals surface area contributed by atoms with Gasteiger partial charge in [-0.1, -0.05) is 35.9 Å². The van der Waals surface area contributed by atoms with Crippen molar-refractivity contribution in [1.29, 1.82) is 0 Å². The number of benzene rings is 2. The number of nitrogens with zero attached hydrogens (tertiary/aromatic N) is 1. The van der Waals surface area contributed by atoms with Crippen molar-refractivity contribution < 1.29 is 9.53 Å². The van der Waals surface area contributed by atoms with Crippen LogP contribution in [0, 0.1) is 11.7 Å². The molecule has 5 nitrogen and oxygen atoms in total. The molecule has 0 spiro atoms. The number of aromatic nitrogens is 2. The van der Waals surface area contributed by atoms with Gasteiger partial charge in [-0.3, -0.25) is 9.36 Å². The fraction of sp³-hybridized carbons (Fsp3) is 0.200. The predicted molar refractivity (Wildman–Crippen MR) is 105 cm³/mol. The molecule has 1 amide bonds. The second kappa shape index (κ2) is 7.58. The Morgan fingerprint density at radius 1 is 1.23 bits per heavy atom.